The Balaban J connectivity index is 2.03. The molecule has 7 heteroatoms. The van der Waals surface area contributed by atoms with Gasteiger partial charge in [0, 0.05) is 18.9 Å². The number of likely N-dealkylation sites (tertiary alicyclic amines) is 1. The Kier molecular flexibility index (Phi) is 3.75. The molecule has 0 radical (unpaired) electrons. The Morgan fingerprint density at radius 2 is 1.74 bits per heavy atom. The second-order valence-electron chi connectivity index (χ2n) is 5.34. The number of nitrogens with two attached hydrogens (primary N) is 1. The molecule has 2 fully saturated rings. The van der Waals surface area contributed by atoms with E-state index in [4.69, 9.17) is 10.8 Å². The van der Waals surface area contributed by atoms with Gasteiger partial charge in [0.05, 0.1) is 12.0 Å². The van der Waals surface area contributed by atoms with Crippen LogP contribution in [0.4, 0.5) is 0 Å². The van der Waals surface area contributed by atoms with Crippen molar-refractivity contribution in [2.24, 2.45) is 17.6 Å². The molecule has 2 amide bonds. The molecule has 1 heterocycles. The van der Waals surface area contributed by atoms with Crippen LogP contribution in [0, 0.1) is 11.8 Å². The predicted molar refractivity (Wildman–Crippen MR) is 63.8 cm³/mol. The fourth-order valence-corrected chi connectivity index (χ4v) is 2.99. The van der Waals surface area contributed by atoms with Crippen molar-refractivity contribution in [2.75, 3.05) is 6.54 Å². The largest absolute Gasteiger partial charge is 0.481 e. The smallest absolute Gasteiger partial charge is 0.306 e. The standard InChI is InChI=1S/C12H18N2O5/c13-10(16)9-4-8(15)5-14(9)11(17)6-1-2-7(3-6)12(18)19/h6-9,15H,1-5H2,(H2,13,16)(H,18,19). The number of aliphatic hydroxyl groups excluding tert-OH is 1. The van der Waals surface area contributed by atoms with Crippen molar-refractivity contribution >= 4 is 17.8 Å². The van der Waals surface area contributed by atoms with E-state index in [0.717, 1.165) is 0 Å². The van der Waals surface area contributed by atoms with E-state index in [1.165, 1.54) is 4.90 Å². The highest BCUT2D eigenvalue weighted by Gasteiger charge is 2.42. The first-order valence-corrected chi connectivity index (χ1v) is 6.40. The summed E-state index contributed by atoms with van der Waals surface area (Å²) in [5.41, 5.74) is 5.22. The number of carboxylic acid groups (broad SMARTS) is 1. The Bertz CT molecular complexity index is 411. The lowest BCUT2D eigenvalue weighted by atomic mass is 10.0. The summed E-state index contributed by atoms with van der Waals surface area (Å²) in [5, 5.41) is 18.5. The molecule has 0 spiro atoms. The molecule has 4 atom stereocenters. The molecule has 19 heavy (non-hydrogen) atoms. The highest BCUT2D eigenvalue weighted by Crippen LogP contribution is 2.34. The molecule has 106 valence electrons. The number of carbonyl (C=O) groups excluding carboxylic acids is 2. The van der Waals surface area contributed by atoms with E-state index in [9.17, 15) is 19.5 Å². The quantitative estimate of drug-likeness (QED) is 0.603. The van der Waals surface area contributed by atoms with Crippen LogP contribution in [0.1, 0.15) is 25.7 Å². The Hall–Kier alpha value is -1.63. The molecule has 1 saturated carbocycles. The number of hydrogen-bond donors (Lipinski definition) is 3. The summed E-state index contributed by atoms with van der Waals surface area (Å²) in [4.78, 5) is 35.7. The van der Waals surface area contributed by atoms with E-state index in [-0.39, 0.29) is 24.8 Å². The number of nitrogens with zero attached hydrogens (tertiary/aromatic N) is 1. The Morgan fingerprint density at radius 3 is 2.26 bits per heavy atom. The highest BCUT2D eigenvalue weighted by molar-refractivity contribution is 5.89. The molecular weight excluding hydrogens is 252 g/mol. The SMILES string of the molecule is NC(=O)C1CC(O)CN1C(=O)C1CCC(C(=O)O)C1. The summed E-state index contributed by atoms with van der Waals surface area (Å²) in [5.74, 6) is -2.65. The van der Waals surface area contributed by atoms with Gasteiger partial charge in [-0.25, -0.2) is 0 Å². The third-order valence-electron chi connectivity index (χ3n) is 4.02. The summed E-state index contributed by atoms with van der Waals surface area (Å²) in [6, 6.07) is -0.772. The molecule has 0 bridgehead atoms. The normalized spacial score (nSPS) is 34.5. The van der Waals surface area contributed by atoms with Gasteiger partial charge in [0.25, 0.3) is 0 Å². The van der Waals surface area contributed by atoms with Crippen LogP contribution in [0.2, 0.25) is 0 Å². The van der Waals surface area contributed by atoms with Gasteiger partial charge in [0.1, 0.15) is 6.04 Å². The molecule has 1 aliphatic heterocycles. The summed E-state index contributed by atoms with van der Waals surface area (Å²) < 4.78 is 0. The van der Waals surface area contributed by atoms with E-state index in [1.54, 1.807) is 0 Å². The van der Waals surface area contributed by atoms with Crippen LogP contribution >= 0.6 is 0 Å². The number of rotatable bonds is 3. The maximum atomic E-state index is 12.3. The van der Waals surface area contributed by atoms with Gasteiger partial charge in [0.15, 0.2) is 0 Å². The number of β-amino-alcohol motifs (C(OH)–C–C–N with tert-alkyl or cyclic N) is 1. The number of amides is 2. The monoisotopic (exact) mass is 270 g/mol. The van der Waals surface area contributed by atoms with Gasteiger partial charge in [0.2, 0.25) is 11.8 Å². The zero-order valence-corrected chi connectivity index (χ0v) is 10.5. The maximum absolute atomic E-state index is 12.3. The van der Waals surface area contributed by atoms with E-state index >= 15 is 0 Å². The van der Waals surface area contributed by atoms with Crippen LogP contribution in [0.15, 0.2) is 0 Å². The van der Waals surface area contributed by atoms with Crippen molar-refractivity contribution in [3.05, 3.63) is 0 Å². The number of carbonyl (C=O) groups is 3. The highest BCUT2D eigenvalue weighted by atomic mass is 16.4. The molecule has 0 aromatic carbocycles. The lowest BCUT2D eigenvalue weighted by molar-refractivity contribution is -0.143. The topological polar surface area (TPSA) is 121 Å². The summed E-state index contributed by atoms with van der Waals surface area (Å²) >= 11 is 0. The molecular formula is C12H18N2O5. The molecule has 4 unspecified atom stereocenters. The van der Waals surface area contributed by atoms with Gasteiger partial charge in [-0.15, -0.1) is 0 Å². The number of hydrogen-bond acceptors (Lipinski definition) is 4. The zero-order chi connectivity index (χ0) is 14.2. The number of primary amides is 1. The Morgan fingerprint density at radius 1 is 1.11 bits per heavy atom. The Labute approximate surface area is 110 Å². The predicted octanol–water partition coefficient (Wildman–Crippen LogP) is -1.07. The first kappa shape index (κ1) is 13.8. The van der Waals surface area contributed by atoms with E-state index in [2.05, 4.69) is 0 Å². The second kappa shape index (κ2) is 5.16. The van der Waals surface area contributed by atoms with Gasteiger partial charge < -0.3 is 20.8 Å². The molecule has 2 aliphatic rings. The van der Waals surface area contributed by atoms with Crippen LogP contribution in [-0.4, -0.2) is 51.6 Å². The summed E-state index contributed by atoms with van der Waals surface area (Å²) in [6.45, 7) is 0.0979. The number of aliphatic carboxylic acids is 1. The fourth-order valence-electron chi connectivity index (χ4n) is 2.99. The summed E-state index contributed by atoms with van der Waals surface area (Å²) in [6.07, 6.45) is 0.706. The van der Waals surface area contributed by atoms with Crippen LogP contribution in [-0.2, 0) is 14.4 Å². The maximum Gasteiger partial charge on any atom is 0.306 e. The van der Waals surface area contributed by atoms with Gasteiger partial charge in [-0.1, -0.05) is 0 Å². The van der Waals surface area contributed by atoms with Gasteiger partial charge in [-0.3, -0.25) is 14.4 Å². The minimum atomic E-state index is -0.886. The molecule has 0 aromatic rings. The first-order chi connectivity index (χ1) is 8.90. The number of aliphatic hydroxyl groups is 1. The van der Waals surface area contributed by atoms with Crippen LogP contribution < -0.4 is 5.73 Å². The van der Waals surface area contributed by atoms with Crippen molar-refractivity contribution in [1.29, 1.82) is 0 Å². The van der Waals surface area contributed by atoms with Crippen molar-refractivity contribution in [1.82, 2.24) is 4.90 Å². The molecule has 7 nitrogen and oxygen atoms in total. The first-order valence-electron chi connectivity index (χ1n) is 6.40. The minimum Gasteiger partial charge on any atom is -0.481 e. The zero-order valence-electron chi connectivity index (χ0n) is 10.5. The van der Waals surface area contributed by atoms with Gasteiger partial charge in [-0.2, -0.15) is 0 Å². The molecule has 2 rings (SSSR count). The number of carboxylic acids is 1. The minimum absolute atomic E-state index is 0.0979. The average Bonchev–Trinajstić information content (AvgIpc) is 2.94. The molecule has 0 aromatic heterocycles. The molecule has 4 N–H and O–H groups in total. The summed E-state index contributed by atoms with van der Waals surface area (Å²) in [7, 11) is 0. The second-order valence-corrected chi connectivity index (χ2v) is 5.34. The van der Waals surface area contributed by atoms with Crippen LogP contribution in [0.25, 0.3) is 0 Å². The molecule has 1 saturated heterocycles. The third kappa shape index (κ3) is 2.70. The van der Waals surface area contributed by atoms with E-state index in [1.807, 2.05) is 0 Å². The van der Waals surface area contributed by atoms with E-state index in [0.29, 0.717) is 19.3 Å². The lowest BCUT2D eigenvalue weighted by Crippen LogP contribution is -2.45. The van der Waals surface area contributed by atoms with Crippen LogP contribution in [0.3, 0.4) is 0 Å². The lowest BCUT2D eigenvalue weighted by Gasteiger charge is -2.25. The van der Waals surface area contributed by atoms with Crippen molar-refractivity contribution in [2.45, 2.75) is 37.8 Å². The fraction of sp³-hybridized carbons (Fsp3) is 0.750. The van der Waals surface area contributed by atoms with Crippen LogP contribution in [0.5, 0.6) is 0 Å². The van der Waals surface area contributed by atoms with Gasteiger partial charge >= 0.3 is 5.97 Å². The van der Waals surface area contributed by atoms with Crippen molar-refractivity contribution in [3.8, 4) is 0 Å². The average molecular weight is 270 g/mol. The van der Waals surface area contributed by atoms with E-state index < -0.39 is 29.9 Å². The molecule has 1 aliphatic carbocycles. The van der Waals surface area contributed by atoms with Crippen molar-refractivity contribution in [3.63, 3.8) is 0 Å². The van der Waals surface area contributed by atoms with Gasteiger partial charge in [-0.05, 0) is 19.3 Å². The third-order valence-corrected chi connectivity index (χ3v) is 4.02. The van der Waals surface area contributed by atoms with Crippen molar-refractivity contribution < 1.29 is 24.6 Å².